The summed E-state index contributed by atoms with van der Waals surface area (Å²) < 4.78 is 5.31. The van der Waals surface area contributed by atoms with E-state index in [0.29, 0.717) is 17.1 Å². The summed E-state index contributed by atoms with van der Waals surface area (Å²) in [5.74, 6) is 0.751. The number of ether oxygens (including phenoxy) is 1. The Balaban J connectivity index is 2.20. The van der Waals surface area contributed by atoms with Gasteiger partial charge >= 0.3 is 0 Å². The number of rotatable bonds is 4. The summed E-state index contributed by atoms with van der Waals surface area (Å²) in [6.45, 7) is 5.57. The largest absolute Gasteiger partial charge is 0.496 e. The molecule has 110 valence electrons. The first-order chi connectivity index (χ1) is 9.52. The number of likely N-dealkylation sites (tertiary alicyclic amines) is 1. The SMILES string of the molecule is COc1ccc(CN2[C@H](C)CCC[C@@H]2C)cc1C(N)=S. The molecule has 0 aliphatic carbocycles. The van der Waals surface area contributed by atoms with E-state index in [9.17, 15) is 0 Å². The van der Waals surface area contributed by atoms with Crippen LogP contribution in [0, 0.1) is 0 Å². The molecule has 1 aromatic rings. The summed E-state index contributed by atoms with van der Waals surface area (Å²) in [5, 5.41) is 0. The number of nitrogens with two attached hydrogens (primary N) is 1. The van der Waals surface area contributed by atoms with Crippen LogP contribution >= 0.6 is 12.2 Å². The maximum Gasteiger partial charge on any atom is 0.129 e. The topological polar surface area (TPSA) is 38.5 Å². The molecule has 3 nitrogen and oxygen atoms in total. The highest BCUT2D eigenvalue weighted by atomic mass is 32.1. The minimum Gasteiger partial charge on any atom is -0.496 e. The maximum atomic E-state index is 5.78. The summed E-state index contributed by atoms with van der Waals surface area (Å²) >= 11 is 5.11. The van der Waals surface area contributed by atoms with Crippen molar-refractivity contribution in [1.82, 2.24) is 4.90 Å². The molecule has 0 saturated carbocycles. The van der Waals surface area contributed by atoms with Gasteiger partial charge in [0, 0.05) is 18.6 Å². The molecule has 1 saturated heterocycles. The number of thiocarbonyl (C=S) groups is 1. The van der Waals surface area contributed by atoms with Crippen molar-refractivity contribution >= 4 is 17.2 Å². The second-order valence-electron chi connectivity index (χ2n) is 5.70. The lowest BCUT2D eigenvalue weighted by molar-refractivity contribution is 0.0952. The van der Waals surface area contributed by atoms with E-state index in [1.807, 2.05) is 6.07 Å². The van der Waals surface area contributed by atoms with E-state index in [2.05, 4.69) is 30.9 Å². The molecule has 0 radical (unpaired) electrons. The van der Waals surface area contributed by atoms with Crippen molar-refractivity contribution in [3.05, 3.63) is 29.3 Å². The fraction of sp³-hybridized carbons (Fsp3) is 0.562. The van der Waals surface area contributed by atoms with E-state index in [0.717, 1.165) is 17.9 Å². The Hall–Kier alpha value is -1.13. The normalized spacial score (nSPS) is 23.6. The standard InChI is InChI=1S/C16H24N2OS/c1-11-5-4-6-12(2)18(11)10-13-7-8-15(19-3)14(9-13)16(17)20/h7-9,11-12H,4-6,10H2,1-3H3,(H2,17,20)/t11-,12+. The lowest BCUT2D eigenvalue weighted by Crippen LogP contribution is -2.42. The highest BCUT2D eigenvalue weighted by Crippen LogP contribution is 2.26. The first-order valence-corrected chi connectivity index (χ1v) is 7.66. The van der Waals surface area contributed by atoms with Crippen LogP contribution in [0.2, 0.25) is 0 Å². The van der Waals surface area contributed by atoms with E-state index < -0.39 is 0 Å². The number of methoxy groups -OCH3 is 1. The molecule has 0 bridgehead atoms. The Bertz CT molecular complexity index is 479. The van der Waals surface area contributed by atoms with Gasteiger partial charge in [0.05, 0.1) is 12.7 Å². The summed E-state index contributed by atoms with van der Waals surface area (Å²) in [6, 6.07) is 7.40. The van der Waals surface area contributed by atoms with Gasteiger partial charge in [-0.2, -0.15) is 0 Å². The zero-order valence-corrected chi connectivity index (χ0v) is 13.4. The Morgan fingerprint density at radius 2 is 2.00 bits per heavy atom. The quantitative estimate of drug-likeness (QED) is 0.866. The molecule has 2 N–H and O–H groups in total. The van der Waals surface area contributed by atoms with Gasteiger partial charge in [-0.15, -0.1) is 0 Å². The van der Waals surface area contributed by atoms with Crippen molar-refractivity contribution in [3.8, 4) is 5.75 Å². The molecule has 1 heterocycles. The molecule has 2 rings (SSSR count). The van der Waals surface area contributed by atoms with Crippen molar-refractivity contribution < 1.29 is 4.74 Å². The maximum absolute atomic E-state index is 5.78. The average molecular weight is 292 g/mol. The van der Waals surface area contributed by atoms with Crippen LogP contribution < -0.4 is 10.5 Å². The molecule has 0 aromatic heterocycles. The van der Waals surface area contributed by atoms with Crippen LogP contribution in [0.25, 0.3) is 0 Å². The fourth-order valence-electron chi connectivity index (χ4n) is 3.04. The van der Waals surface area contributed by atoms with Crippen LogP contribution in [0.3, 0.4) is 0 Å². The van der Waals surface area contributed by atoms with Crippen molar-refractivity contribution in [2.75, 3.05) is 7.11 Å². The molecular formula is C16H24N2OS. The average Bonchev–Trinajstić information content (AvgIpc) is 2.43. The summed E-state index contributed by atoms with van der Waals surface area (Å²) in [6.07, 6.45) is 3.89. The highest BCUT2D eigenvalue weighted by molar-refractivity contribution is 7.80. The highest BCUT2D eigenvalue weighted by Gasteiger charge is 2.24. The van der Waals surface area contributed by atoms with Gasteiger partial charge in [-0.1, -0.05) is 24.7 Å². The number of benzene rings is 1. The van der Waals surface area contributed by atoms with Gasteiger partial charge in [-0.25, -0.2) is 0 Å². The predicted molar refractivity (Wildman–Crippen MR) is 87.2 cm³/mol. The number of hydrogen-bond donors (Lipinski definition) is 1. The van der Waals surface area contributed by atoms with E-state index in [1.54, 1.807) is 7.11 Å². The molecule has 20 heavy (non-hydrogen) atoms. The van der Waals surface area contributed by atoms with Crippen LogP contribution in [0.15, 0.2) is 18.2 Å². The molecule has 0 amide bonds. The summed E-state index contributed by atoms with van der Waals surface area (Å²) in [4.78, 5) is 2.96. The molecule has 0 spiro atoms. The number of hydrogen-bond acceptors (Lipinski definition) is 3. The van der Waals surface area contributed by atoms with Gasteiger partial charge in [0.15, 0.2) is 0 Å². The fourth-order valence-corrected chi connectivity index (χ4v) is 3.20. The third-order valence-electron chi connectivity index (χ3n) is 4.27. The Labute approximate surface area is 127 Å². The van der Waals surface area contributed by atoms with Gasteiger partial charge in [-0.05, 0) is 44.4 Å². The third kappa shape index (κ3) is 3.30. The van der Waals surface area contributed by atoms with Gasteiger partial charge in [0.25, 0.3) is 0 Å². The van der Waals surface area contributed by atoms with Crippen LogP contribution in [0.1, 0.15) is 44.2 Å². The number of nitrogens with zero attached hydrogens (tertiary/aromatic N) is 1. The van der Waals surface area contributed by atoms with E-state index in [1.165, 1.54) is 24.8 Å². The molecular weight excluding hydrogens is 268 g/mol. The Morgan fingerprint density at radius 1 is 1.35 bits per heavy atom. The van der Waals surface area contributed by atoms with Crippen LogP contribution in [-0.2, 0) is 6.54 Å². The van der Waals surface area contributed by atoms with Crippen molar-refractivity contribution in [2.24, 2.45) is 5.73 Å². The van der Waals surface area contributed by atoms with Crippen LogP contribution in [0.5, 0.6) is 5.75 Å². The molecule has 1 aromatic carbocycles. The van der Waals surface area contributed by atoms with Crippen molar-refractivity contribution in [1.29, 1.82) is 0 Å². The zero-order chi connectivity index (χ0) is 14.7. The lowest BCUT2D eigenvalue weighted by Gasteiger charge is -2.39. The molecule has 1 aliphatic rings. The molecule has 1 aliphatic heterocycles. The van der Waals surface area contributed by atoms with E-state index >= 15 is 0 Å². The second kappa shape index (κ2) is 6.55. The zero-order valence-electron chi connectivity index (χ0n) is 12.6. The van der Waals surface area contributed by atoms with E-state index in [4.69, 9.17) is 22.7 Å². The monoisotopic (exact) mass is 292 g/mol. The van der Waals surface area contributed by atoms with Crippen molar-refractivity contribution in [2.45, 2.75) is 51.7 Å². The van der Waals surface area contributed by atoms with Gasteiger partial charge in [-0.3, -0.25) is 4.90 Å². The molecule has 2 atom stereocenters. The smallest absolute Gasteiger partial charge is 0.129 e. The van der Waals surface area contributed by atoms with E-state index in [-0.39, 0.29) is 0 Å². The first-order valence-electron chi connectivity index (χ1n) is 7.25. The first kappa shape index (κ1) is 15.3. The lowest BCUT2D eigenvalue weighted by atomic mass is 9.96. The Kier molecular flexibility index (Phi) is 5.00. The summed E-state index contributed by atoms with van der Waals surface area (Å²) in [7, 11) is 1.64. The third-order valence-corrected chi connectivity index (χ3v) is 4.49. The number of piperidine rings is 1. The van der Waals surface area contributed by atoms with Gasteiger partial charge in [0.2, 0.25) is 0 Å². The second-order valence-corrected chi connectivity index (χ2v) is 6.14. The summed E-state index contributed by atoms with van der Waals surface area (Å²) in [5.41, 5.74) is 7.86. The van der Waals surface area contributed by atoms with Crippen molar-refractivity contribution in [3.63, 3.8) is 0 Å². The minimum absolute atomic E-state index is 0.392. The Morgan fingerprint density at radius 3 is 2.55 bits per heavy atom. The molecule has 4 heteroatoms. The molecule has 0 unspecified atom stereocenters. The predicted octanol–water partition coefficient (Wildman–Crippen LogP) is 3.09. The van der Waals surface area contributed by atoms with Crippen LogP contribution in [-0.4, -0.2) is 29.1 Å². The van der Waals surface area contributed by atoms with Crippen LogP contribution in [0.4, 0.5) is 0 Å². The molecule has 1 fully saturated rings. The van der Waals surface area contributed by atoms with Gasteiger partial charge < -0.3 is 10.5 Å². The minimum atomic E-state index is 0.392. The van der Waals surface area contributed by atoms with Gasteiger partial charge in [0.1, 0.15) is 10.7 Å².